The summed E-state index contributed by atoms with van der Waals surface area (Å²) in [6, 6.07) is 14.6. The Morgan fingerprint density at radius 2 is 1.48 bits per heavy atom. The fourth-order valence-electron chi connectivity index (χ4n) is 4.89. The van der Waals surface area contributed by atoms with E-state index in [1.165, 1.54) is 4.90 Å². The number of fused-ring (bicyclic) bond motifs is 1. The summed E-state index contributed by atoms with van der Waals surface area (Å²) < 4.78 is 0. The summed E-state index contributed by atoms with van der Waals surface area (Å²) in [5.74, 6) is -2.27. The molecular weight excluding hydrogens is 316 g/mol. The van der Waals surface area contributed by atoms with Crippen molar-refractivity contribution >= 4 is 29.0 Å². The minimum Gasteiger partial charge on any atom is -0.397 e. The van der Waals surface area contributed by atoms with Gasteiger partial charge in [0.05, 0.1) is 29.1 Å². The van der Waals surface area contributed by atoms with Gasteiger partial charge in [0.2, 0.25) is 11.8 Å². The number of Topliss-reactive ketones (excluding diaryl/α,β-unsaturated/α-hetero) is 1. The minimum absolute atomic E-state index is 0.0639. The van der Waals surface area contributed by atoms with Crippen molar-refractivity contribution in [3.63, 3.8) is 0 Å². The normalized spacial score (nSPS) is 29.8. The second-order valence-electron chi connectivity index (χ2n) is 7.01. The van der Waals surface area contributed by atoms with Gasteiger partial charge >= 0.3 is 0 Å². The number of nitrogens with zero attached hydrogens (tertiary/aromatic N) is 1. The summed E-state index contributed by atoms with van der Waals surface area (Å²) in [6.45, 7) is 0. The van der Waals surface area contributed by atoms with Crippen molar-refractivity contribution < 1.29 is 14.4 Å². The SMILES string of the molecule is Nc1ccccc1N1C(=O)[C@H]2[C@H](C1=O)[C@H]1C(=O)C[C@H]2c2ccccc21. The maximum absolute atomic E-state index is 13.1. The first-order valence-corrected chi connectivity index (χ1v) is 8.43. The van der Waals surface area contributed by atoms with Gasteiger partial charge < -0.3 is 5.73 Å². The zero-order chi connectivity index (χ0) is 17.3. The Hall–Kier alpha value is -2.95. The van der Waals surface area contributed by atoms with Crippen LogP contribution >= 0.6 is 0 Å². The number of rotatable bonds is 1. The van der Waals surface area contributed by atoms with Gasteiger partial charge in [0.25, 0.3) is 0 Å². The molecule has 124 valence electrons. The minimum atomic E-state index is -0.603. The summed E-state index contributed by atoms with van der Waals surface area (Å²) >= 11 is 0. The number of nitrogens with two attached hydrogens (primary N) is 1. The summed E-state index contributed by atoms with van der Waals surface area (Å²) in [5, 5.41) is 0. The lowest BCUT2D eigenvalue weighted by atomic mass is 9.56. The topological polar surface area (TPSA) is 80.5 Å². The van der Waals surface area contributed by atoms with E-state index in [2.05, 4.69) is 0 Å². The van der Waals surface area contributed by atoms with Gasteiger partial charge in [-0.05, 0) is 23.3 Å². The van der Waals surface area contributed by atoms with Crippen molar-refractivity contribution in [2.75, 3.05) is 10.6 Å². The smallest absolute Gasteiger partial charge is 0.238 e. The molecule has 5 nitrogen and oxygen atoms in total. The lowest BCUT2D eigenvalue weighted by Crippen LogP contribution is -2.44. The van der Waals surface area contributed by atoms with Crippen LogP contribution in [-0.2, 0) is 14.4 Å². The molecule has 4 atom stereocenters. The number of ketones is 1. The van der Waals surface area contributed by atoms with Gasteiger partial charge in [-0.1, -0.05) is 36.4 Å². The average Bonchev–Trinajstić information content (AvgIpc) is 2.88. The zero-order valence-corrected chi connectivity index (χ0v) is 13.4. The Bertz CT molecular complexity index is 951. The molecule has 3 aliphatic carbocycles. The van der Waals surface area contributed by atoms with Crippen molar-refractivity contribution in [3.8, 4) is 0 Å². The monoisotopic (exact) mass is 332 g/mol. The number of hydrogen-bond donors (Lipinski definition) is 1. The van der Waals surface area contributed by atoms with E-state index in [0.717, 1.165) is 11.1 Å². The fraction of sp³-hybridized carbons (Fsp3) is 0.250. The number of anilines is 2. The molecule has 2 bridgehead atoms. The first kappa shape index (κ1) is 14.4. The van der Waals surface area contributed by atoms with Crippen molar-refractivity contribution in [3.05, 3.63) is 59.7 Å². The largest absolute Gasteiger partial charge is 0.397 e. The number of hydrogen-bond acceptors (Lipinski definition) is 4. The van der Waals surface area contributed by atoms with E-state index in [1.807, 2.05) is 24.3 Å². The second kappa shape index (κ2) is 4.79. The predicted octanol–water partition coefficient (Wildman–Crippen LogP) is 2.23. The molecule has 1 saturated heterocycles. The molecule has 0 aromatic heterocycles. The average molecular weight is 332 g/mol. The molecule has 1 heterocycles. The number of para-hydroxylation sites is 2. The standard InChI is InChI=1S/C20H16N2O3/c21-13-7-3-4-8-14(13)22-19(24)17-12-9-15(23)16(18(17)20(22)25)11-6-2-1-5-10(11)12/h1-8,12,16-18H,9,21H2/t12-,16+,17+,18+/m0/s1. The van der Waals surface area contributed by atoms with Crippen molar-refractivity contribution in [2.45, 2.75) is 18.3 Å². The van der Waals surface area contributed by atoms with Crippen LogP contribution in [0.3, 0.4) is 0 Å². The third-order valence-corrected chi connectivity index (χ3v) is 5.87. The number of nitrogen functional groups attached to an aromatic ring is 1. The number of imide groups is 1. The quantitative estimate of drug-likeness (QED) is 0.641. The molecule has 2 aromatic carbocycles. The van der Waals surface area contributed by atoms with E-state index in [1.54, 1.807) is 24.3 Å². The van der Waals surface area contributed by atoms with Gasteiger partial charge in [0.15, 0.2) is 0 Å². The third-order valence-electron chi connectivity index (χ3n) is 5.87. The zero-order valence-electron chi connectivity index (χ0n) is 13.4. The highest BCUT2D eigenvalue weighted by atomic mass is 16.2. The molecule has 25 heavy (non-hydrogen) atoms. The number of carbonyl (C=O) groups excluding carboxylic acids is 3. The first-order chi connectivity index (χ1) is 12.1. The van der Waals surface area contributed by atoms with E-state index >= 15 is 0 Å². The molecule has 0 spiro atoms. The lowest BCUT2D eigenvalue weighted by molar-refractivity contribution is -0.134. The van der Waals surface area contributed by atoms with Crippen LogP contribution in [0.4, 0.5) is 11.4 Å². The molecule has 1 aliphatic heterocycles. The second-order valence-corrected chi connectivity index (χ2v) is 7.01. The van der Waals surface area contributed by atoms with Crippen LogP contribution in [0.15, 0.2) is 48.5 Å². The molecule has 0 unspecified atom stereocenters. The van der Waals surface area contributed by atoms with E-state index < -0.39 is 17.8 Å². The highest BCUT2D eigenvalue weighted by molar-refractivity contribution is 6.25. The van der Waals surface area contributed by atoms with Crippen molar-refractivity contribution in [1.29, 1.82) is 0 Å². The number of carbonyl (C=O) groups is 3. The molecule has 5 heteroatoms. The van der Waals surface area contributed by atoms with Gasteiger partial charge in [-0.15, -0.1) is 0 Å². The number of benzene rings is 2. The molecule has 4 aliphatic rings. The summed E-state index contributed by atoms with van der Waals surface area (Å²) in [4.78, 5) is 40.1. The predicted molar refractivity (Wildman–Crippen MR) is 91.9 cm³/mol. The van der Waals surface area contributed by atoms with Crippen LogP contribution in [0.5, 0.6) is 0 Å². The molecule has 6 rings (SSSR count). The maximum atomic E-state index is 13.1. The summed E-state index contributed by atoms with van der Waals surface area (Å²) in [7, 11) is 0. The molecule has 2 aromatic rings. The Morgan fingerprint density at radius 3 is 2.24 bits per heavy atom. The van der Waals surface area contributed by atoms with Gasteiger partial charge in [0, 0.05) is 12.3 Å². The van der Waals surface area contributed by atoms with E-state index in [9.17, 15) is 14.4 Å². The highest BCUT2D eigenvalue weighted by Crippen LogP contribution is 2.57. The van der Waals surface area contributed by atoms with Gasteiger partial charge in [-0.2, -0.15) is 0 Å². The molecule has 2 amide bonds. The Labute approximate surface area is 144 Å². The van der Waals surface area contributed by atoms with Crippen molar-refractivity contribution in [2.24, 2.45) is 11.8 Å². The van der Waals surface area contributed by atoms with Crippen LogP contribution in [0.25, 0.3) is 0 Å². The summed E-state index contributed by atoms with van der Waals surface area (Å²) in [5.41, 5.74) is 8.76. The van der Waals surface area contributed by atoms with E-state index in [-0.39, 0.29) is 23.5 Å². The Balaban J connectivity index is 1.68. The van der Waals surface area contributed by atoms with Crippen LogP contribution in [0, 0.1) is 11.8 Å². The van der Waals surface area contributed by atoms with E-state index in [4.69, 9.17) is 5.73 Å². The van der Waals surface area contributed by atoms with Gasteiger partial charge in [-0.25, -0.2) is 4.90 Å². The van der Waals surface area contributed by atoms with Gasteiger partial charge in [0.1, 0.15) is 5.78 Å². The molecule has 2 N–H and O–H groups in total. The van der Waals surface area contributed by atoms with E-state index in [0.29, 0.717) is 17.8 Å². The highest BCUT2D eigenvalue weighted by Gasteiger charge is 2.62. The third kappa shape index (κ3) is 1.70. The molecule has 1 saturated carbocycles. The van der Waals surface area contributed by atoms with Gasteiger partial charge in [-0.3, -0.25) is 14.4 Å². The van der Waals surface area contributed by atoms with Crippen LogP contribution in [0.2, 0.25) is 0 Å². The molecule has 2 fully saturated rings. The fourth-order valence-corrected chi connectivity index (χ4v) is 4.89. The van der Waals surface area contributed by atoms with Crippen LogP contribution in [0.1, 0.15) is 29.4 Å². The lowest BCUT2D eigenvalue weighted by Gasteiger charge is -2.43. The van der Waals surface area contributed by atoms with Crippen molar-refractivity contribution in [1.82, 2.24) is 0 Å². The van der Waals surface area contributed by atoms with Crippen LogP contribution in [-0.4, -0.2) is 17.6 Å². The Kier molecular flexibility index (Phi) is 2.76. The number of amides is 2. The Morgan fingerprint density at radius 1 is 0.840 bits per heavy atom. The first-order valence-electron chi connectivity index (χ1n) is 8.43. The molecule has 0 radical (unpaired) electrons. The van der Waals surface area contributed by atoms with Crippen LogP contribution < -0.4 is 10.6 Å². The molecular formula is C20H16N2O3. The maximum Gasteiger partial charge on any atom is 0.238 e. The summed E-state index contributed by atoms with van der Waals surface area (Å²) in [6.07, 6.45) is 0.333.